The van der Waals surface area contributed by atoms with E-state index in [-0.39, 0.29) is 10.8 Å². The molecule has 2 aromatic rings. The Morgan fingerprint density at radius 2 is 1.97 bits per heavy atom. The molecule has 2 heterocycles. The SMILES string of the molecule is CCN1CCC[C@H]1CNC(=O)c1cccc(S(=O)(=O)N2CCc3ccccc32)c1. The van der Waals surface area contributed by atoms with E-state index in [2.05, 4.69) is 17.1 Å². The zero-order valence-electron chi connectivity index (χ0n) is 16.7. The molecule has 1 saturated heterocycles. The van der Waals surface area contributed by atoms with Crippen LogP contribution in [0.2, 0.25) is 0 Å². The highest BCUT2D eigenvalue weighted by molar-refractivity contribution is 7.92. The maximum absolute atomic E-state index is 13.2. The number of para-hydroxylation sites is 1. The number of fused-ring (bicyclic) bond motifs is 1. The summed E-state index contributed by atoms with van der Waals surface area (Å²) in [4.78, 5) is 15.2. The summed E-state index contributed by atoms with van der Waals surface area (Å²) in [5.74, 6) is -0.230. The number of nitrogens with zero attached hydrogens (tertiary/aromatic N) is 2. The number of carbonyl (C=O) groups is 1. The van der Waals surface area contributed by atoms with Crippen molar-refractivity contribution in [1.82, 2.24) is 10.2 Å². The van der Waals surface area contributed by atoms with Crippen LogP contribution in [0.5, 0.6) is 0 Å². The molecule has 1 N–H and O–H groups in total. The van der Waals surface area contributed by atoms with Gasteiger partial charge in [0.15, 0.2) is 0 Å². The van der Waals surface area contributed by atoms with Gasteiger partial charge in [0.1, 0.15) is 0 Å². The van der Waals surface area contributed by atoms with Gasteiger partial charge in [0.25, 0.3) is 15.9 Å². The predicted octanol–water partition coefficient (Wildman–Crippen LogP) is 2.65. The number of amides is 1. The van der Waals surface area contributed by atoms with Crippen LogP contribution in [0.3, 0.4) is 0 Å². The second-order valence-corrected chi connectivity index (χ2v) is 9.48. The first-order valence-corrected chi connectivity index (χ1v) is 11.7. The molecule has 1 amide bonds. The fraction of sp³-hybridized carbons (Fsp3) is 0.409. The van der Waals surface area contributed by atoms with E-state index in [1.807, 2.05) is 24.3 Å². The lowest BCUT2D eigenvalue weighted by molar-refractivity contribution is 0.0941. The average molecular weight is 414 g/mol. The van der Waals surface area contributed by atoms with Gasteiger partial charge >= 0.3 is 0 Å². The van der Waals surface area contributed by atoms with Crippen LogP contribution < -0.4 is 9.62 Å². The van der Waals surface area contributed by atoms with Crippen molar-refractivity contribution in [2.75, 3.05) is 30.5 Å². The zero-order valence-corrected chi connectivity index (χ0v) is 17.5. The summed E-state index contributed by atoms with van der Waals surface area (Å²) >= 11 is 0. The van der Waals surface area contributed by atoms with E-state index in [4.69, 9.17) is 0 Å². The van der Waals surface area contributed by atoms with Crippen molar-refractivity contribution in [3.63, 3.8) is 0 Å². The molecule has 0 aliphatic carbocycles. The smallest absolute Gasteiger partial charge is 0.264 e. The maximum atomic E-state index is 13.2. The first kappa shape index (κ1) is 19.9. The van der Waals surface area contributed by atoms with Crippen molar-refractivity contribution >= 4 is 21.6 Å². The Morgan fingerprint density at radius 1 is 1.14 bits per heavy atom. The standard InChI is InChI=1S/C22H27N3O3S/c1-2-24-13-6-9-19(24)16-23-22(26)18-8-5-10-20(15-18)29(27,28)25-14-12-17-7-3-4-11-21(17)25/h3-5,7-8,10-11,15,19H,2,6,9,12-14,16H2,1H3,(H,23,26)/t19-/m0/s1. The quantitative estimate of drug-likeness (QED) is 0.791. The zero-order chi connectivity index (χ0) is 20.4. The number of nitrogens with one attached hydrogen (secondary N) is 1. The summed E-state index contributed by atoms with van der Waals surface area (Å²) in [6.45, 7) is 5.19. The molecule has 0 radical (unpaired) electrons. The highest BCUT2D eigenvalue weighted by Crippen LogP contribution is 2.32. The van der Waals surface area contributed by atoms with E-state index in [1.54, 1.807) is 18.2 Å². The molecule has 2 aromatic carbocycles. The summed E-state index contributed by atoms with van der Waals surface area (Å²) in [6, 6.07) is 14.3. The molecule has 0 spiro atoms. The molecular formula is C22H27N3O3S. The average Bonchev–Trinajstić information content (AvgIpc) is 3.38. The highest BCUT2D eigenvalue weighted by Gasteiger charge is 2.31. The summed E-state index contributed by atoms with van der Waals surface area (Å²) in [5, 5.41) is 2.98. The van der Waals surface area contributed by atoms with Crippen molar-refractivity contribution in [1.29, 1.82) is 0 Å². The number of hydrogen-bond acceptors (Lipinski definition) is 4. The Morgan fingerprint density at radius 3 is 2.79 bits per heavy atom. The Balaban J connectivity index is 1.50. The Bertz CT molecular complexity index is 1010. The Hall–Kier alpha value is -2.38. The van der Waals surface area contributed by atoms with Gasteiger partial charge in [0.05, 0.1) is 10.6 Å². The molecule has 6 nitrogen and oxygen atoms in total. The lowest BCUT2D eigenvalue weighted by Crippen LogP contribution is -2.40. The molecule has 29 heavy (non-hydrogen) atoms. The van der Waals surface area contributed by atoms with Gasteiger partial charge in [-0.25, -0.2) is 8.42 Å². The first-order chi connectivity index (χ1) is 14.0. The number of anilines is 1. The van der Waals surface area contributed by atoms with Crippen LogP contribution in [0.15, 0.2) is 53.4 Å². The molecule has 4 rings (SSSR count). The normalized spacial score (nSPS) is 19.3. The monoisotopic (exact) mass is 413 g/mol. The van der Waals surface area contributed by atoms with Crippen molar-refractivity contribution in [3.05, 3.63) is 59.7 Å². The molecule has 1 atom stereocenters. The lowest BCUT2D eigenvalue weighted by Gasteiger charge is -2.23. The predicted molar refractivity (Wildman–Crippen MR) is 114 cm³/mol. The third-order valence-electron chi connectivity index (χ3n) is 5.93. The van der Waals surface area contributed by atoms with Gasteiger partial charge in [-0.15, -0.1) is 0 Å². The summed E-state index contributed by atoms with van der Waals surface area (Å²) in [5.41, 5.74) is 2.13. The van der Waals surface area contributed by atoms with Crippen LogP contribution in [0, 0.1) is 0 Å². The van der Waals surface area contributed by atoms with Gasteiger partial charge < -0.3 is 5.32 Å². The van der Waals surface area contributed by atoms with Gasteiger partial charge in [-0.1, -0.05) is 31.2 Å². The van der Waals surface area contributed by atoms with Gasteiger partial charge in [0, 0.05) is 24.7 Å². The second kappa shape index (κ2) is 8.16. The molecule has 2 aliphatic heterocycles. The van der Waals surface area contributed by atoms with Crippen molar-refractivity contribution in [2.24, 2.45) is 0 Å². The van der Waals surface area contributed by atoms with E-state index >= 15 is 0 Å². The highest BCUT2D eigenvalue weighted by atomic mass is 32.2. The van der Waals surface area contributed by atoms with Crippen LogP contribution in [-0.4, -0.2) is 51.4 Å². The second-order valence-electron chi connectivity index (χ2n) is 7.62. The first-order valence-electron chi connectivity index (χ1n) is 10.2. The maximum Gasteiger partial charge on any atom is 0.264 e. The molecule has 0 aromatic heterocycles. The summed E-state index contributed by atoms with van der Waals surface area (Å²) in [7, 11) is -3.71. The third kappa shape index (κ3) is 3.89. The lowest BCUT2D eigenvalue weighted by atomic mass is 10.2. The number of benzene rings is 2. The summed E-state index contributed by atoms with van der Waals surface area (Å²) in [6.07, 6.45) is 2.93. The van der Waals surface area contributed by atoms with Gasteiger partial charge in [0.2, 0.25) is 0 Å². The number of likely N-dealkylation sites (N-methyl/N-ethyl adjacent to an activating group) is 1. The van der Waals surface area contributed by atoms with Crippen LogP contribution >= 0.6 is 0 Å². The van der Waals surface area contributed by atoms with Crippen LogP contribution in [0.1, 0.15) is 35.7 Å². The van der Waals surface area contributed by atoms with Crippen molar-refractivity contribution < 1.29 is 13.2 Å². The minimum absolute atomic E-state index is 0.151. The molecule has 0 unspecified atom stereocenters. The third-order valence-corrected chi connectivity index (χ3v) is 7.74. The van der Waals surface area contributed by atoms with Gasteiger partial charge in [-0.3, -0.25) is 14.0 Å². The molecule has 154 valence electrons. The molecule has 2 aliphatic rings. The number of carbonyl (C=O) groups excluding carboxylic acids is 1. The Labute approximate surface area is 172 Å². The van der Waals surface area contributed by atoms with Crippen molar-refractivity contribution in [3.8, 4) is 0 Å². The van der Waals surface area contributed by atoms with Crippen LogP contribution in [0.4, 0.5) is 5.69 Å². The number of sulfonamides is 1. The van der Waals surface area contributed by atoms with E-state index in [0.717, 1.165) is 37.2 Å². The van der Waals surface area contributed by atoms with E-state index in [9.17, 15) is 13.2 Å². The number of hydrogen-bond donors (Lipinski definition) is 1. The molecule has 0 bridgehead atoms. The fourth-order valence-corrected chi connectivity index (χ4v) is 5.89. The summed E-state index contributed by atoms with van der Waals surface area (Å²) < 4.78 is 27.9. The van der Waals surface area contributed by atoms with E-state index in [1.165, 1.54) is 10.4 Å². The van der Waals surface area contributed by atoms with Gasteiger partial charge in [-0.2, -0.15) is 0 Å². The van der Waals surface area contributed by atoms with E-state index in [0.29, 0.717) is 31.1 Å². The topological polar surface area (TPSA) is 69.7 Å². The molecular weight excluding hydrogens is 386 g/mol. The van der Waals surface area contributed by atoms with Gasteiger partial charge in [-0.05, 0) is 62.2 Å². The molecule has 0 saturated carbocycles. The van der Waals surface area contributed by atoms with Crippen molar-refractivity contribution in [2.45, 2.75) is 37.1 Å². The van der Waals surface area contributed by atoms with Crippen LogP contribution in [-0.2, 0) is 16.4 Å². The molecule has 7 heteroatoms. The fourth-order valence-electron chi connectivity index (χ4n) is 4.34. The van der Waals surface area contributed by atoms with E-state index < -0.39 is 10.0 Å². The number of rotatable bonds is 6. The largest absolute Gasteiger partial charge is 0.350 e. The number of likely N-dealkylation sites (tertiary alicyclic amines) is 1. The minimum atomic E-state index is -3.71. The minimum Gasteiger partial charge on any atom is -0.350 e. The molecule has 1 fully saturated rings. The Kier molecular flexibility index (Phi) is 5.61. The van der Waals surface area contributed by atoms with Crippen LogP contribution in [0.25, 0.3) is 0 Å².